The van der Waals surface area contributed by atoms with Gasteiger partial charge in [-0.3, -0.25) is 14.5 Å². The number of fused-ring (bicyclic) bond motifs is 1. The number of benzene rings is 3. The smallest absolute Gasteiger partial charge is 0.336 e. The number of hydrogen-bond acceptors (Lipinski definition) is 9. The highest BCUT2D eigenvalue weighted by Gasteiger charge is 2.40. The number of rotatable bonds is 13. The number of nitrogens with zero attached hydrogens (tertiary/aromatic N) is 1. The van der Waals surface area contributed by atoms with E-state index in [4.69, 9.17) is 34.6 Å². The van der Waals surface area contributed by atoms with E-state index in [1.807, 2.05) is 49.4 Å². The Morgan fingerprint density at radius 2 is 1.53 bits per heavy atom. The standard InChI is InChI=1S/C25H27NO4.C6H8O7/c1-18(27)14-26(15-19-8-10-24-25(12-19)30-17-29-24)16-22-13-21(9-11-23(22)28-2)20-6-4-3-5-7-20;7-3(8)1-6(13,5(11)12)2-4(9)10/h3-13,18,27H,14-17H2,1-2H3;13H,1-2H2,(H,7,8)(H,9,10)(H,11,12). The predicted molar refractivity (Wildman–Crippen MR) is 154 cm³/mol. The largest absolute Gasteiger partial charge is 0.496 e. The lowest BCUT2D eigenvalue weighted by Crippen LogP contribution is -2.42. The molecule has 0 radical (unpaired) electrons. The van der Waals surface area contributed by atoms with Gasteiger partial charge in [-0.25, -0.2) is 4.79 Å². The number of aliphatic hydroxyl groups is 2. The molecule has 1 aliphatic rings. The quantitative estimate of drug-likeness (QED) is 0.194. The molecule has 4 rings (SSSR count). The molecule has 12 nitrogen and oxygen atoms in total. The normalized spacial score (nSPS) is 12.7. The van der Waals surface area contributed by atoms with Gasteiger partial charge in [-0.2, -0.15) is 0 Å². The van der Waals surface area contributed by atoms with Crippen LogP contribution in [0.15, 0.2) is 66.7 Å². The van der Waals surface area contributed by atoms with Crippen LogP contribution >= 0.6 is 0 Å². The van der Waals surface area contributed by atoms with E-state index in [9.17, 15) is 19.5 Å². The molecule has 3 aromatic rings. The molecule has 12 heteroatoms. The van der Waals surface area contributed by atoms with Gasteiger partial charge in [0.05, 0.1) is 26.1 Å². The van der Waals surface area contributed by atoms with Crippen molar-refractivity contribution in [1.29, 1.82) is 0 Å². The van der Waals surface area contributed by atoms with Crippen molar-refractivity contribution >= 4 is 17.9 Å². The van der Waals surface area contributed by atoms with E-state index in [1.165, 1.54) is 5.56 Å². The topological polar surface area (TPSA) is 183 Å². The lowest BCUT2D eigenvalue weighted by Gasteiger charge is -2.25. The minimum Gasteiger partial charge on any atom is -0.496 e. The average molecular weight is 598 g/mol. The average Bonchev–Trinajstić information content (AvgIpc) is 3.40. The molecular formula is C31H35NO11. The number of carbonyl (C=O) groups is 3. The highest BCUT2D eigenvalue weighted by atomic mass is 16.7. The fraction of sp³-hybridized carbons (Fsp3) is 0.323. The van der Waals surface area contributed by atoms with Gasteiger partial charge in [0.1, 0.15) is 5.75 Å². The van der Waals surface area contributed by atoms with Crippen molar-refractivity contribution in [3.05, 3.63) is 77.9 Å². The first-order valence-electron chi connectivity index (χ1n) is 13.3. The molecule has 0 spiro atoms. The molecule has 5 N–H and O–H groups in total. The van der Waals surface area contributed by atoms with E-state index < -0.39 is 42.5 Å². The minimum atomic E-state index is -2.74. The Bertz CT molecular complexity index is 1390. The first-order valence-corrected chi connectivity index (χ1v) is 13.3. The Labute approximate surface area is 248 Å². The molecule has 230 valence electrons. The monoisotopic (exact) mass is 597 g/mol. The molecule has 0 saturated carbocycles. The Balaban J connectivity index is 0.000000331. The number of ether oxygens (including phenoxy) is 3. The van der Waals surface area contributed by atoms with E-state index in [2.05, 4.69) is 29.2 Å². The van der Waals surface area contributed by atoms with E-state index in [-0.39, 0.29) is 6.79 Å². The van der Waals surface area contributed by atoms with Crippen LogP contribution in [0.5, 0.6) is 17.2 Å². The summed E-state index contributed by atoms with van der Waals surface area (Å²) in [6.07, 6.45) is -2.73. The zero-order chi connectivity index (χ0) is 31.6. The number of aliphatic carboxylic acids is 3. The number of methoxy groups -OCH3 is 1. The van der Waals surface area contributed by atoms with Crippen LogP contribution in [0.1, 0.15) is 30.9 Å². The molecule has 0 bridgehead atoms. The van der Waals surface area contributed by atoms with Gasteiger partial charge in [-0.05, 0) is 47.9 Å². The molecule has 0 saturated heterocycles. The third-order valence-electron chi connectivity index (χ3n) is 6.43. The second kappa shape index (κ2) is 15.0. The maximum Gasteiger partial charge on any atom is 0.336 e. The summed E-state index contributed by atoms with van der Waals surface area (Å²) < 4.78 is 16.6. The zero-order valence-electron chi connectivity index (χ0n) is 23.8. The van der Waals surface area contributed by atoms with Crippen molar-refractivity contribution in [2.45, 2.75) is 44.6 Å². The lowest BCUT2D eigenvalue weighted by molar-refractivity contribution is -0.170. The summed E-state index contributed by atoms with van der Waals surface area (Å²) in [5, 5.41) is 43.9. The van der Waals surface area contributed by atoms with Crippen LogP contribution < -0.4 is 14.2 Å². The van der Waals surface area contributed by atoms with Crippen LogP contribution in [0, 0.1) is 0 Å². The summed E-state index contributed by atoms with van der Waals surface area (Å²) in [5.41, 5.74) is 1.77. The zero-order valence-corrected chi connectivity index (χ0v) is 23.8. The van der Waals surface area contributed by atoms with E-state index in [1.54, 1.807) is 7.11 Å². The fourth-order valence-electron chi connectivity index (χ4n) is 4.52. The Morgan fingerprint density at radius 3 is 2.12 bits per heavy atom. The van der Waals surface area contributed by atoms with Gasteiger partial charge in [0.25, 0.3) is 0 Å². The van der Waals surface area contributed by atoms with Gasteiger partial charge in [0, 0.05) is 25.2 Å². The predicted octanol–water partition coefficient (Wildman–Crippen LogP) is 3.23. The SMILES string of the molecule is COc1ccc(-c2ccccc2)cc1CN(Cc1ccc2c(c1)OCO2)CC(C)O.O=C(O)CC(O)(CC(=O)O)C(=O)O. The summed E-state index contributed by atoms with van der Waals surface area (Å²) in [7, 11) is 1.69. The van der Waals surface area contributed by atoms with Crippen molar-refractivity contribution in [1.82, 2.24) is 4.90 Å². The third-order valence-corrected chi connectivity index (χ3v) is 6.43. The molecule has 0 amide bonds. The molecule has 0 fully saturated rings. The van der Waals surface area contributed by atoms with Crippen LogP contribution in [-0.4, -0.2) is 80.5 Å². The maximum absolute atomic E-state index is 10.3. The number of carboxylic acids is 3. The van der Waals surface area contributed by atoms with Crippen molar-refractivity contribution in [2.24, 2.45) is 0 Å². The highest BCUT2D eigenvalue weighted by Crippen LogP contribution is 2.33. The van der Waals surface area contributed by atoms with E-state index in [0.29, 0.717) is 19.6 Å². The number of aliphatic hydroxyl groups excluding tert-OH is 1. The summed E-state index contributed by atoms with van der Waals surface area (Å²) in [4.78, 5) is 32.7. The van der Waals surface area contributed by atoms with Gasteiger partial charge in [-0.1, -0.05) is 42.5 Å². The lowest BCUT2D eigenvalue weighted by atomic mass is 9.96. The fourth-order valence-corrected chi connectivity index (χ4v) is 4.52. The van der Waals surface area contributed by atoms with Gasteiger partial charge in [0.2, 0.25) is 6.79 Å². The van der Waals surface area contributed by atoms with Crippen LogP contribution in [0.2, 0.25) is 0 Å². The first kappa shape index (κ1) is 32.9. The molecule has 3 aromatic carbocycles. The van der Waals surface area contributed by atoms with Crippen molar-refractivity contribution < 1.29 is 54.1 Å². The Morgan fingerprint density at radius 1 is 0.884 bits per heavy atom. The van der Waals surface area contributed by atoms with Gasteiger partial charge < -0.3 is 39.7 Å². The molecule has 1 heterocycles. The second-order valence-corrected chi connectivity index (χ2v) is 10.1. The van der Waals surface area contributed by atoms with Gasteiger partial charge >= 0.3 is 17.9 Å². The second-order valence-electron chi connectivity index (χ2n) is 10.1. The number of carboxylic acid groups (broad SMARTS) is 3. The molecule has 1 unspecified atom stereocenters. The van der Waals surface area contributed by atoms with Crippen LogP contribution in [0.3, 0.4) is 0 Å². The van der Waals surface area contributed by atoms with E-state index in [0.717, 1.165) is 33.9 Å². The molecule has 0 aliphatic carbocycles. The first-order chi connectivity index (χ1) is 20.4. The Kier molecular flexibility index (Phi) is 11.5. The minimum absolute atomic E-state index is 0.264. The van der Waals surface area contributed by atoms with Crippen LogP contribution in [0.25, 0.3) is 11.1 Å². The maximum atomic E-state index is 10.3. The van der Waals surface area contributed by atoms with Crippen molar-refractivity contribution in [3.8, 4) is 28.4 Å². The summed E-state index contributed by atoms with van der Waals surface area (Å²) in [6, 6.07) is 22.6. The van der Waals surface area contributed by atoms with E-state index >= 15 is 0 Å². The number of hydrogen-bond donors (Lipinski definition) is 5. The summed E-state index contributed by atoms with van der Waals surface area (Å²) in [5.74, 6) is -2.63. The molecular weight excluding hydrogens is 562 g/mol. The van der Waals surface area contributed by atoms with Gasteiger partial charge in [0.15, 0.2) is 17.1 Å². The van der Waals surface area contributed by atoms with Crippen LogP contribution in [0.4, 0.5) is 0 Å². The molecule has 43 heavy (non-hydrogen) atoms. The Hall–Kier alpha value is -4.65. The molecule has 1 atom stereocenters. The summed E-state index contributed by atoms with van der Waals surface area (Å²) in [6.45, 7) is 3.96. The third kappa shape index (κ3) is 9.70. The molecule has 0 aromatic heterocycles. The highest BCUT2D eigenvalue weighted by molar-refractivity contribution is 5.88. The summed E-state index contributed by atoms with van der Waals surface area (Å²) >= 11 is 0. The van der Waals surface area contributed by atoms with Crippen LogP contribution in [-0.2, 0) is 27.5 Å². The molecule has 1 aliphatic heterocycles. The van der Waals surface area contributed by atoms with Gasteiger partial charge in [-0.15, -0.1) is 0 Å². The van der Waals surface area contributed by atoms with Crippen molar-refractivity contribution in [2.75, 3.05) is 20.4 Å². The van der Waals surface area contributed by atoms with Crippen molar-refractivity contribution in [3.63, 3.8) is 0 Å².